The quantitative estimate of drug-likeness (QED) is 0.874. The third-order valence-electron chi connectivity index (χ3n) is 4.04. The monoisotopic (exact) mass is 257 g/mol. The molecule has 1 aromatic heterocycles. The Balaban J connectivity index is 0.00000108. The summed E-state index contributed by atoms with van der Waals surface area (Å²) in [4.78, 5) is 2.45. The molecule has 4 nitrogen and oxygen atoms in total. The van der Waals surface area contributed by atoms with Crippen molar-refractivity contribution in [2.24, 2.45) is 17.6 Å². The maximum absolute atomic E-state index is 6.12. The highest BCUT2D eigenvalue weighted by atomic mass is 35.5. The summed E-state index contributed by atoms with van der Waals surface area (Å²) in [5, 5.41) is 3.92. The van der Waals surface area contributed by atoms with Gasteiger partial charge < -0.3 is 10.3 Å². The number of fused-ring (bicyclic) bond motifs is 1. The molecular formula is C12H20ClN3O. The van der Waals surface area contributed by atoms with Crippen molar-refractivity contribution in [3.05, 3.63) is 17.5 Å². The minimum Gasteiger partial charge on any atom is -0.360 e. The van der Waals surface area contributed by atoms with Crippen molar-refractivity contribution in [1.82, 2.24) is 10.1 Å². The number of hydrogen-bond donors (Lipinski definition) is 1. The van der Waals surface area contributed by atoms with Gasteiger partial charge in [-0.3, -0.25) is 4.90 Å². The number of aromatic nitrogens is 1. The second-order valence-electron chi connectivity index (χ2n) is 5.29. The van der Waals surface area contributed by atoms with Gasteiger partial charge in [-0.1, -0.05) is 5.16 Å². The van der Waals surface area contributed by atoms with Crippen LogP contribution in [0.4, 0.5) is 0 Å². The SMILES string of the molecule is Cc1cc(CN2CC3CCC(N)C3C2)on1.Cl. The van der Waals surface area contributed by atoms with Crippen molar-refractivity contribution in [1.29, 1.82) is 0 Å². The van der Waals surface area contributed by atoms with Crippen LogP contribution in [0.15, 0.2) is 10.6 Å². The molecule has 2 N–H and O–H groups in total. The van der Waals surface area contributed by atoms with E-state index in [0.717, 1.165) is 30.5 Å². The van der Waals surface area contributed by atoms with E-state index in [4.69, 9.17) is 10.3 Å². The zero-order valence-corrected chi connectivity index (χ0v) is 10.9. The van der Waals surface area contributed by atoms with Crippen LogP contribution in [0.5, 0.6) is 0 Å². The molecule has 3 unspecified atom stereocenters. The molecule has 0 bridgehead atoms. The van der Waals surface area contributed by atoms with Crippen LogP contribution in [-0.2, 0) is 6.54 Å². The predicted octanol–water partition coefficient (Wildman–Crippen LogP) is 1.57. The predicted molar refractivity (Wildman–Crippen MR) is 68.0 cm³/mol. The summed E-state index contributed by atoms with van der Waals surface area (Å²) in [5.74, 6) is 2.51. The largest absolute Gasteiger partial charge is 0.360 e. The molecular weight excluding hydrogens is 238 g/mol. The number of hydrogen-bond acceptors (Lipinski definition) is 4. The van der Waals surface area contributed by atoms with Crippen molar-refractivity contribution < 1.29 is 4.52 Å². The van der Waals surface area contributed by atoms with Gasteiger partial charge in [0, 0.05) is 25.2 Å². The number of halogens is 1. The van der Waals surface area contributed by atoms with E-state index in [1.165, 1.54) is 19.4 Å². The Kier molecular flexibility index (Phi) is 3.76. The molecule has 1 aliphatic carbocycles. The summed E-state index contributed by atoms with van der Waals surface area (Å²) >= 11 is 0. The molecule has 2 heterocycles. The number of nitrogens with two attached hydrogens (primary N) is 1. The van der Waals surface area contributed by atoms with Gasteiger partial charge in [0.25, 0.3) is 0 Å². The van der Waals surface area contributed by atoms with Gasteiger partial charge in [0.1, 0.15) is 0 Å². The van der Waals surface area contributed by atoms with E-state index in [9.17, 15) is 0 Å². The molecule has 1 aliphatic heterocycles. The van der Waals surface area contributed by atoms with Crippen LogP contribution < -0.4 is 5.73 Å². The number of likely N-dealkylation sites (tertiary alicyclic amines) is 1. The average Bonchev–Trinajstić information content (AvgIpc) is 2.88. The van der Waals surface area contributed by atoms with Crippen LogP contribution in [0.1, 0.15) is 24.3 Å². The van der Waals surface area contributed by atoms with Gasteiger partial charge in [0.15, 0.2) is 5.76 Å². The molecule has 0 aromatic carbocycles. The lowest BCUT2D eigenvalue weighted by Gasteiger charge is -2.16. The van der Waals surface area contributed by atoms with Crippen LogP contribution in [-0.4, -0.2) is 29.2 Å². The second kappa shape index (κ2) is 4.96. The Hall–Kier alpha value is -0.580. The summed E-state index contributed by atoms with van der Waals surface area (Å²) in [5.41, 5.74) is 7.08. The minimum absolute atomic E-state index is 0. The maximum Gasteiger partial charge on any atom is 0.150 e. The first-order chi connectivity index (χ1) is 7.72. The van der Waals surface area contributed by atoms with E-state index in [1.54, 1.807) is 0 Å². The minimum atomic E-state index is 0. The third kappa shape index (κ3) is 2.49. The zero-order chi connectivity index (χ0) is 11.1. The normalized spacial score (nSPS) is 32.5. The fraction of sp³-hybridized carbons (Fsp3) is 0.750. The van der Waals surface area contributed by atoms with Crippen LogP contribution >= 0.6 is 12.4 Å². The molecule has 2 aliphatic rings. The van der Waals surface area contributed by atoms with Crippen molar-refractivity contribution in [2.75, 3.05) is 13.1 Å². The molecule has 96 valence electrons. The van der Waals surface area contributed by atoms with Gasteiger partial charge in [-0.2, -0.15) is 0 Å². The highest BCUT2D eigenvalue weighted by Gasteiger charge is 2.40. The Morgan fingerprint density at radius 3 is 2.94 bits per heavy atom. The van der Waals surface area contributed by atoms with E-state index in [0.29, 0.717) is 12.0 Å². The van der Waals surface area contributed by atoms with Gasteiger partial charge >= 0.3 is 0 Å². The maximum atomic E-state index is 6.12. The van der Waals surface area contributed by atoms with Crippen molar-refractivity contribution in [3.63, 3.8) is 0 Å². The molecule has 17 heavy (non-hydrogen) atoms. The second-order valence-corrected chi connectivity index (χ2v) is 5.29. The molecule has 2 fully saturated rings. The van der Waals surface area contributed by atoms with Crippen molar-refractivity contribution in [2.45, 2.75) is 32.4 Å². The summed E-state index contributed by atoms with van der Waals surface area (Å²) in [6.45, 7) is 5.16. The summed E-state index contributed by atoms with van der Waals surface area (Å²) < 4.78 is 5.25. The number of rotatable bonds is 2. The van der Waals surface area contributed by atoms with Gasteiger partial charge in [-0.05, 0) is 31.6 Å². The standard InChI is InChI=1S/C12H19N3O.ClH/c1-8-4-10(16-14-8)6-15-5-9-2-3-12(13)11(9)7-15;/h4,9,11-12H,2-3,5-7,13H2,1H3;1H. The summed E-state index contributed by atoms with van der Waals surface area (Å²) in [6, 6.07) is 2.44. The highest BCUT2D eigenvalue weighted by molar-refractivity contribution is 5.85. The van der Waals surface area contributed by atoms with Crippen LogP contribution in [0.2, 0.25) is 0 Å². The molecule has 0 amide bonds. The molecule has 0 radical (unpaired) electrons. The molecule has 1 saturated carbocycles. The fourth-order valence-electron chi connectivity index (χ4n) is 3.24. The van der Waals surface area contributed by atoms with Crippen molar-refractivity contribution >= 4 is 12.4 Å². The van der Waals surface area contributed by atoms with Gasteiger partial charge in [-0.15, -0.1) is 12.4 Å². The van der Waals surface area contributed by atoms with E-state index in [-0.39, 0.29) is 12.4 Å². The fourth-order valence-corrected chi connectivity index (χ4v) is 3.24. The summed E-state index contributed by atoms with van der Waals surface area (Å²) in [6.07, 6.45) is 2.52. The average molecular weight is 258 g/mol. The first kappa shape index (κ1) is 12.9. The molecule has 5 heteroatoms. The lowest BCUT2D eigenvalue weighted by atomic mass is 9.98. The molecule has 1 aromatic rings. The van der Waals surface area contributed by atoms with Crippen molar-refractivity contribution in [3.8, 4) is 0 Å². The van der Waals surface area contributed by atoms with Gasteiger partial charge in [0.05, 0.1) is 12.2 Å². The van der Waals surface area contributed by atoms with Gasteiger partial charge in [0.2, 0.25) is 0 Å². The number of nitrogens with zero attached hydrogens (tertiary/aromatic N) is 2. The first-order valence-corrected chi connectivity index (χ1v) is 6.12. The topological polar surface area (TPSA) is 55.3 Å². The third-order valence-corrected chi connectivity index (χ3v) is 4.04. The lowest BCUT2D eigenvalue weighted by molar-refractivity contribution is 0.254. The van der Waals surface area contributed by atoms with Crippen LogP contribution in [0.3, 0.4) is 0 Å². The summed E-state index contributed by atoms with van der Waals surface area (Å²) in [7, 11) is 0. The Labute approximate surface area is 108 Å². The molecule has 3 atom stereocenters. The lowest BCUT2D eigenvalue weighted by Crippen LogP contribution is -2.30. The van der Waals surface area contributed by atoms with E-state index in [2.05, 4.69) is 10.1 Å². The number of aryl methyl sites for hydroxylation is 1. The first-order valence-electron chi connectivity index (χ1n) is 6.12. The highest BCUT2D eigenvalue weighted by Crippen LogP contribution is 2.37. The molecule has 3 rings (SSSR count). The van der Waals surface area contributed by atoms with E-state index < -0.39 is 0 Å². The Morgan fingerprint density at radius 2 is 2.29 bits per heavy atom. The van der Waals surface area contributed by atoms with Gasteiger partial charge in [-0.25, -0.2) is 0 Å². The van der Waals surface area contributed by atoms with E-state index in [1.807, 2.05) is 13.0 Å². The molecule has 0 spiro atoms. The zero-order valence-electron chi connectivity index (χ0n) is 10.1. The Bertz CT molecular complexity index is 382. The van der Waals surface area contributed by atoms with Crippen LogP contribution in [0, 0.1) is 18.8 Å². The molecule has 1 saturated heterocycles. The smallest absolute Gasteiger partial charge is 0.150 e. The van der Waals surface area contributed by atoms with Crippen LogP contribution in [0.25, 0.3) is 0 Å². The Morgan fingerprint density at radius 1 is 1.47 bits per heavy atom. The van der Waals surface area contributed by atoms with E-state index >= 15 is 0 Å².